The van der Waals surface area contributed by atoms with Gasteiger partial charge in [0.1, 0.15) is 17.7 Å². The summed E-state index contributed by atoms with van der Waals surface area (Å²) in [6.07, 6.45) is 7.36. The zero-order valence-corrected chi connectivity index (χ0v) is 37.4. The molecule has 4 N–H and O–H groups in total. The Labute approximate surface area is 388 Å². The number of imide groups is 1. The highest BCUT2D eigenvalue weighted by atomic mass is 32.1. The number of hydrogen-bond acceptors (Lipinski definition) is 11. The average molecular weight is 930 g/mol. The van der Waals surface area contributed by atoms with Crippen molar-refractivity contribution in [1.82, 2.24) is 29.7 Å². The number of thiazole rings is 1. The molecule has 15 nitrogen and oxygen atoms in total. The van der Waals surface area contributed by atoms with Crippen LogP contribution in [0.15, 0.2) is 72.5 Å². The molecule has 1 aliphatic carbocycles. The maximum Gasteiger partial charge on any atom is 0.255 e. The van der Waals surface area contributed by atoms with Crippen LogP contribution in [0.3, 0.4) is 0 Å². The van der Waals surface area contributed by atoms with Crippen LogP contribution in [0.5, 0.6) is 0 Å². The van der Waals surface area contributed by atoms with Gasteiger partial charge >= 0.3 is 0 Å². The monoisotopic (exact) mass is 929 g/mol. The van der Waals surface area contributed by atoms with Gasteiger partial charge in [-0.15, -0.1) is 11.3 Å². The summed E-state index contributed by atoms with van der Waals surface area (Å²) in [6.45, 7) is 3.47. The highest BCUT2D eigenvalue weighted by Gasteiger charge is 2.54. The predicted octanol–water partition coefficient (Wildman–Crippen LogP) is 5.91. The van der Waals surface area contributed by atoms with E-state index in [0.717, 1.165) is 49.4 Å². The van der Waals surface area contributed by atoms with E-state index in [1.807, 2.05) is 33.7 Å². The lowest BCUT2D eigenvalue weighted by Crippen LogP contribution is -2.73. The summed E-state index contributed by atoms with van der Waals surface area (Å²) in [5.41, 5.74) is 3.98. The molecule has 2 atom stereocenters. The standard InChI is InChI=1S/C49H49F2N9O6S/c50-36-19-30(18-34-35(36)22-60(46(34)65)43(45(64)56-47-52-15-17-67-47)42-39-2-1-16-57(39)27-53-42)28-3-6-32(7-4-28)58-23-48(24-58)25-59(26-48)41(62)21-49(66)13-11-29(12-14-49)33-8-5-31(20-37(33)51)54-38-9-10-40(61)55-44(38)63/h3-8,15,17-20,27,29,38,43,54,66H,1-2,9-14,16,21-26H2,(H,52,56,64)(H,55,61,63)/t29?,38-,43?,49?/m1/s1. The molecule has 18 heteroatoms. The number of nitrogens with zero attached hydrogens (tertiary/aromatic N) is 6. The van der Waals surface area contributed by atoms with Gasteiger partial charge in [-0.3, -0.25) is 34.6 Å². The third kappa shape index (κ3) is 8.02. The van der Waals surface area contributed by atoms with Crippen LogP contribution in [-0.4, -0.2) is 96.8 Å². The summed E-state index contributed by atoms with van der Waals surface area (Å²) in [5, 5.41) is 21.8. The van der Waals surface area contributed by atoms with Gasteiger partial charge < -0.3 is 29.7 Å². The quantitative estimate of drug-likeness (QED) is 0.116. The maximum absolute atomic E-state index is 15.9. The minimum Gasteiger partial charge on any atom is -0.389 e. The fraction of sp³-hybridized carbons (Fsp3) is 0.408. The molecule has 1 spiro atoms. The third-order valence-corrected chi connectivity index (χ3v) is 15.4. The number of anilines is 3. The van der Waals surface area contributed by atoms with Gasteiger partial charge in [-0.2, -0.15) is 0 Å². The Bertz CT molecular complexity index is 2810. The van der Waals surface area contributed by atoms with Gasteiger partial charge in [-0.05, 0) is 104 Å². The van der Waals surface area contributed by atoms with Crippen molar-refractivity contribution in [3.05, 3.63) is 112 Å². The van der Waals surface area contributed by atoms with Crippen LogP contribution in [0.4, 0.5) is 25.3 Å². The Morgan fingerprint density at radius 1 is 0.925 bits per heavy atom. The molecule has 5 aliphatic heterocycles. The summed E-state index contributed by atoms with van der Waals surface area (Å²) in [4.78, 5) is 79.2. The fourth-order valence-electron chi connectivity index (χ4n) is 11.1. The summed E-state index contributed by atoms with van der Waals surface area (Å²) in [5.74, 6) is -2.72. The molecular weight excluding hydrogens is 881 g/mol. The van der Waals surface area contributed by atoms with Gasteiger partial charge in [0.15, 0.2) is 11.2 Å². The molecule has 0 bridgehead atoms. The Morgan fingerprint density at radius 2 is 1.72 bits per heavy atom. The van der Waals surface area contributed by atoms with E-state index < -0.39 is 47.0 Å². The number of imidazole rings is 1. The molecule has 0 radical (unpaired) electrons. The van der Waals surface area contributed by atoms with Crippen LogP contribution in [0.25, 0.3) is 11.1 Å². The number of halogens is 2. The van der Waals surface area contributed by atoms with Gasteiger partial charge in [-0.1, -0.05) is 18.2 Å². The largest absolute Gasteiger partial charge is 0.389 e. The van der Waals surface area contributed by atoms with Crippen molar-refractivity contribution in [1.29, 1.82) is 0 Å². The van der Waals surface area contributed by atoms with E-state index in [2.05, 4.69) is 30.8 Å². The molecule has 346 valence electrons. The van der Waals surface area contributed by atoms with Crippen LogP contribution < -0.4 is 20.9 Å². The Balaban J connectivity index is 0.675. The molecule has 1 saturated carbocycles. The first-order valence-electron chi connectivity index (χ1n) is 22.9. The minimum atomic E-state index is -1.15. The number of carbonyl (C=O) groups is 5. The lowest BCUT2D eigenvalue weighted by atomic mass is 9.71. The van der Waals surface area contributed by atoms with Crippen LogP contribution in [0, 0.1) is 17.0 Å². The molecule has 11 rings (SSSR count). The Kier molecular flexibility index (Phi) is 10.7. The second kappa shape index (κ2) is 16.7. The normalized spacial score (nSPS) is 23.3. The van der Waals surface area contributed by atoms with Crippen LogP contribution in [-0.2, 0) is 38.7 Å². The van der Waals surface area contributed by atoms with Crippen molar-refractivity contribution in [2.24, 2.45) is 5.41 Å². The molecular formula is C49H49F2N9O6S. The number of rotatable bonds is 11. The van der Waals surface area contributed by atoms with E-state index in [0.29, 0.717) is 72.8 Å². The number of amides is 5. The van der Waals surface area contributed by atoms with Crippen molar-refractivity contribution < 1.29 is 37.9 Å². The molecule has 7 heterocycles. The van der Waals surface area contributed by atoms with E-state index in [4.69, 9.17) is 0 Å². The number of aryl methyl sites for hydroxylation is 1. The summed E-state index contributed by atoms with van der Waals surface area (Å²) >= 11 is 1.27. The Morgan fingerprint density at radius 3 is 2.45 bits per heavy atom. The van der Waals surface area contributed by atoms with Crippen LogP contribution in [0.1, 0.15) is 96.2 Å². The lowest BCUT2D eigenvalue weighted by molar-refractivity contribution is -0.151. The van der Waals surface area contributed by atoms with Gasteiger partial charge in [0, 0.05) is 84.3 Å². The van der Waals surface area contributed by atoms with Crippen molar-refractivity contribution in [3.63, 3.8) is 0 Å². The van der Waals surface area contributed by atoms with E-state index in [1.165, 1.54) is 28.4 Å². The lowest BCUT2D eigenvalue weighted by Gasteiger charge is -2.61. The van der Waals surface area contributed by atoms with E-state index in [1.54, 1.807) is 36.1 Å². The first-order chi connectivity index (χ1) is 32.3. The van der Waals surface area contributed by atoms with E-state index >= 15 is 8.78 Å². The summed E-state index contributed by atoms with van der Waals surface area (Å²) in [7, 11) is 0. The molecule has 4 fully saturated rings. The van der Waals surface area contributed by atoms with E-state index in [-0.39, 0.29) is 53.7 Å². The number of aromatic nitrogens is 3. The number of benzene rings is 3. The molecule has 5 aromatic rings. The topological polar surface area (TPSA) is 182 Å². The molecule has 3 aromatic carbocycles. The third-order valence-electron chi connectivity index (χ3n) is 14.7. The van der Waals surface area contributed by atoms with Crippen LogP contribution >= 0.6 is 11.3 Å². The molecule has 1 unspecified atom stereocenters. The van der Waals surface area contributed by atoms with Gasteiger partial charge in [0.25, 0.3) is 11.8 Å². The fourth-order valence-corrected chi connectivity index (χ4v) is 11.7. The zero-order valence-electron chi connectivity index (χ0n) is 36.6. The number of carbonyl (C=O) groups excluding carboxylic acids is 5. The van der Waals surface area contributed by atoms with Gasteiger partial charge in [0.05, 0.1) is 30.6 Å². The molecule has 6 aliphatic rings. The number of fused-ring (bicyclic) bond motifs is 2. The second-order valence-electron chi connectivity index (χ2n) is 19.2. The molecule has 2 aromatic heterocycles. The summed E-state index contributed by atoms with van der Waals surface area (Å²) in [6, 6.07) is 14.1. The molecule has 67 heavy (non-hydrogen) atoms. The minimum absolute atomic E-state index is 0.0214. The van der Waals surface area contributed by atoms with Crippen molar-refractivity contribution in [2.45, 2.75) is 94.5 Å². The highest BCUT2D eigenvalue weighted by molar-refractivity contribution is 7.13. The highest BCUT2D eigenvalue weighted by Crippen LogP contribution is 2.46. The number of piperidine rings is 1. The maximum atomic E-state index is 15.9. The SMILES string of the molecule is O=C1CC[C@@H](Nc2ccc(C3CCC(O)(CC(=O)N4CC5(C4)CN(c4ccc(-c6cc(F)c7c(c6)C(=O)N(C(C(=O)Nc6nccs6)c6ncn8c6CCC8)C7)cc4)C5)CC3)c(F)c2)C(=O)N1. The smallest absolute Gasteiger partial charge is 0.255 e. The van der Waals surface area contributed by atoms with Crippen molar-refractivity contribution in [2.75, 3.05) is 41.7 Å². The average Bonchev–Trinajstić information content (AvgIpc) is 4.10. The number of nitrogens with one attached hydrogen (secondary N) is 3. The first-order valence-corrected chi connectivity index (χ1v) is 23.8. The summed E-state index contributed by atoms with van der Waals surface area (Å²) < 4.78 is 33.3. The predicted molar refractivity (Wildman–Crippen MR) is 244 cm³/mol. The second-order valence-corrected chi connectivity index (χ2v) is 20.1. The molecule has 5 amide bonds. The zero-order chi connectivity index (χ0) is 46.2. The van der Waals surface area contributed by atoms with Crippen molar-refractivity contribution >= 4 is 57.4 Å². The Hall–Kier alpha value is -6.53. The molecule has 3 saturated heterocycles. The van der Waals surface area contributed by atoms with Crippen LogP contribution in [0.2, 0.25) is 0 Å². The number of likely N-dealkylation sites (tertiary alicyclic amines) is 1. The van der Waals surface area contributed by atoms with Gasteiger partial charge in [-0.25, -0.2) is 18.7 Å². The van der Waals surface area contributed by atoms with Crippen molar-refractivity contribution in [3.8, 4) is 11.1 Å². The van der Waals surface area contributed by atoms with Gasteiger partial charge in [0.2, 0.25) is 17.7 Å². The number of hydrogen-bond donors (Lipinski definition) is 4. The van der Waals surface area contributed by atoms with E-state index in [9.17, 15) is 29.1 Å². The number of aliphatic hydroxyl groups is 1. The first kappa shape index (κ1) is 43.1.